The number of aryl methyl sites for hydroxylation is 1. The number of carbonyl (C=O) groups excluding carboxylic acids is 3. The molecule has 4 aromatic carbocycles. The highest BCUT2D eigenvalue weighted by Gasteiger charge is 2.31. The zero-order chi connectivity index (χ0) is 33.6. The Morgan fingerprint density at radius 2 is 1.49 bits per heavy atom. The number of carbonyl (C=O) groups is 3. The van der Waals surface area contributed by atoms with Gasteiger partial charge in [-0.05, 0) is 78.2 Å². The molecule has 0 aliphatic carbocycles. The van der Waals surface area contributed by atoms with Crippen LogP contribution in [0.2, 0.25) is 0 Å². The fourth-order valence-corrected chi connectivity index (χ4v) is 5.29. The average molecular weight is 648 g/mol. The summed E-state index contributed by atoms with van der Waals surface area (Å²) >= 11 is 0. The molecule has 9 nitrogen and oxygen atoms in total. The van der Waals surface area contributed by atoms with Crippen LogP contribution in [0.1, 0.15) is 39.1 Å². The van der Waals surface area contributed by atoms with Gasteiger partial charge in [-0.2, -0.15) is 0 Å². The van der Waals surface area contributed by atoms with Gasteiger partial charge in [0.2, 0.25) is 0 Å². The van der Waals surface area contributed by atoms with E-state index in [1.165, 1.54) is 31.4 Å². The van der Waals surface area contributed by atoms with E-state index in [0.717, 1.165) is 5.56 Å². The van der Waals surface area contributed by atoms with Crippen LogP contribution in [0.5, 0.6) is 11.5 Å². The molecule has 1 heterocycles. The van der Waals surface area contributed by atoms with Crippen molar-refractivity contribution >= 4 is 29.3 Å². The van der Waals surface area contributed by atoms with Gasteiger partial charge in [0.15, 0.2) is 0 Å². The van der Waals surface area contributed by atoms with Crippen LogP contribution in [0, 0.1) is 6.92 Å². The van der Waals surface area contributed by atoms with E-state index < -0.39 is 18.2 Å². The van der Waals surface area contributed by atoms with Gasteiger partial charge in [0.25, 0.3) is 5.91 Å². The first-order valence-electron chi connectivity index (χ1n) is 14.8. The fraction of sp³-hybridized carbons (Fsp3) is 0.229. The number of rotatable bonds is 8. The Hall–Kier alpha value is -5.52. The third-order valence-corrected chi connectivity index (χ3v) is 7.58. The van der Waals surface area contributed by atoms with E-state index in [1.54, 1.807) is 65.6 Å². The number of alkyl halides is 3. The van der Waals surface area contributed by atoms with Crippen molar-refractivity contribution in [2.75, 3.05) is 30.8 Å². The minimum Gasteiger partial charge on any atom is -0.490 e. The lowest BCUT2D eigenvalue weighted by atomic mass is 9.94. The maximum Gasteiger partial charge on any atom is 0.573 e. The molecule has 1 fully saturated rings. The zero-order valence-electron chi connectivity index (χ0n) is 25.6. The van der Waals surface area contributed by atoms with Gasteiger partial charge < -0.3 is 29.7 Å². The molecule has 0 radical (unpaired) electrons. The molecule has 1 aliphatic rings. The molecule has 5 rings (SSSR count). The Morgan fingerprint density at radius 3 is 2.15 bits per heavy atom. The molecule has 0 spiro atoms. The van der Waals surface area contributed by atoms with Gasteiger partial charge in [-0.15, -0.1) is 13.2 Å². The summed E-state index contributed by atoms with van der Waals surface area (Å²) in [5.41, 5.74) is 3.73. The number of anilines is 2. The second kappa shape index (κ2) is 14.3. The van der Waals surface area contributed by atoms with E-state index in [0.29, 0.717) is 65.3 Å². The van der Waals surface area contributed by atoms with Crippen LogP contribution < -0.4 is 20.1 Å². The van der Waals surface area contributed by atoms with Gasteiger partial charge in [0.1, 0.15) is 17.6 Å². The van der Waals surface area contributed by atoms with E-state index in [9.17, 15) is 27.6 Å². The monoisotopic (exact) mass is 647 g/mol. The van der Waals surface area contributed by atoms with E-state index in [1.807, 2.05) is 13.0 Å². The molecule has 0 atom stereocenters. The zero-order valence-corrected chi connectivity index (χ0v) is 25.6. The SMILES string of the molecule is COC(=O)c1ccc(NC(=O)N2CCC(Oc3cccc(NC(=O)c4cccc(C)c4-c4ccc(OC(F)(F)F)cc4)c3)CC2)cc1. The third kappa shape index (κ3) is 8.60. The number of urea groups is 1. The van der Waals surface area contributed by atoms with Crippen molar-refractivity contribution in [2.24, 2.45) is 0 Å². The second-order valence-electron chi connectivity index (χ2n) is 10.9. The lowest BCUT2D eigenvalue weighted by molar-refractivity contribution is -0.274. The van der Waals surface area contributed by atoms with Gasteiger partial charge in [0, 0.05) is 48.9 Å². The second-order valence-corrected chi connectivity index (χ2v) is 10.9. The molecule has 0 saturated carbocycles. The number of methoxy groups -OCH3 is 1. The largest absolute Gasteiger partial charge is 0.573 e. The molecular weight excluding hydrogens is 615 g/mol. The van der Waals surface area contributed by atoms with Crippen molar-refractivity contribution in [3.63, 3.8) is 0 Å². The molecule has 1 saturated heterocycles. The third-order valence-electron chi connectivity index (χ3n) is 7.58. The fourth-order valence-electron chi connectivity index (χ4n) is 5.29. The smallest absolute Gasteiger partial charge is 0.490 e. The highest BCUT2D eigenvalue weighted by atomic mass is 19.4. The molecule has 12 heteroatoms. The maximum atomic E-state index is 13.4. The van der Waals surface area contributed by atoms with Gasteiger partial charge in [-0.1, -0.05) is 30.3 Å². The summed E-state index contributed by atoms with van der Waals surface area (Å²) in [7, 11) is 1.30. The first-order chi connectivity index (χ1) is 22.5. The minimum atomic E-state index is -4.80. The van der Waals surface area contributed by atoms with E-state index in [-0.39, 0.29) is 17.9 Å². The number of piperidine rings is 1. The Balaban J connectivity index is 1.17. The summed E-state index contributed by atoms with van der Waals surface area (Å²) < 4.78 is 52.7. The molecule has 1 aliphatic heterocycles. The molecule has 4 aromatic rings. The van der Waals surface area contributed by atoms with Crippen LogP contribution in [0.25, 0.3) is 11.1 Å². The topological polar surface area (TPSA) is 106 Å². The van der Waals surface area contributed by atoms with Crippen LogP contribution in [-0.2, 0) is 4.74 Å². The molecule has 47 heavy (non-hydrogen) atoms. The Bertz CT molecular complexity index is 1740. The quantitative estimate of drug-likeness (QED) is 0.190. The highest BCUT2D eigenvalue weighted by molar-refractivity contribution is 6.09. The Morgan fingerprint density at radius 1 is 0.809 bits per heavy atom. The summed E-state index contributed by atoms with van der Waals surface area (Å²) in [5.74, 6) is -0.642. The van der Waals surface area contributed by atoms with Gasteiger partial charge in [-0.3, -0.25) is 4.79 Å². The van der Waals surface area contributed by atoms with Crippen molar-refractivity contribution in [3.8, 4) is 22.6 Å². The molecule has 0 aromatic heterocycles. The van der Waals surface area contributed by atoms with Crippen molar-refractivity contribution in [2.45, 2.75) is 32.2 Å². The summed E-state index contributed by atoms with van der Waals surface area (Å²) in [6.45, 7) is 2.78. The number of likely N-dealkylation sites (tertiary alicyclic amines) is 1. The lowest BCUT2D eigenvalue weighted by Gasteiger charge is -2.32. The number of nitrogens with zero attached hydrogens (tertiary/aromatic N) is 1. The predicted molar refractivity (Wildman–Crippen MR) is 170 cm³/mol. The van der Waals surface area contributed by atoms with Crippen LogP contribution in [0.15, 0.2) is 91.0 Å². The Kier molecular flexibility index (Phi) is 9.98. The number of hydrogen-bond acceptors (Lipinski definition) is 6. The predicted octanol–water partition coefficient (Wildman–Crippen LogP) is 7.67. The Labute approximate surface area is 269 Å². The van der Waals surface area contributed by atoms with E-state index in [2.05, 4.69) is 15.4 Å². The van der Waals surface area contributed by atoms with Gasteiger partial charge in [-0.25, -0.2) is 9.59 Å². The summed E-state index contributed by atoms with van der Waals surface area (Å²) in [6.07, 6.45) is -3.74. The van der Waals surface area contributed by atoms with E-state index >= 15 is 0 Å². The van der Waals surface area contributed by atoms with Crippen LogP contribution in [0.4, 0.5) is 29.3 Å². The lowest BCUT2D eigenvalue weighted by Crippen LogP contribution is -2.43. The van der Waals surface area contributed by atoms with Crippen molar-refractivity contribution < 1.29 is 41.8 Å². The number of amides is 3. The molecule has 0 bridgehead atoms. The van der Waals surface area contributed by atoms with E-state index in [4.69, 9.17) is 9.47 Å². The number of nitrogens with one attached hydrogen (secondary N) is 2. The summed E-state index contributed by atoms with van der Waals surface area (Å²) in [4.78, 5) is 39.5. The van der Waals surface area contributed by atoms with Gasteiger partial charge in [0.05, 0.1) is 12.7 Å². The maximum absolute atomic E-state index is 13.4. The molecule has 3 amide bonds. The summed E-state index contributed by atoms with van der Waals surface area (Å²) in [6, 6.07) is 23.8. The number of ether oxygens (including phenoxy) is 3. The van der Waals surface area contributed by atoms with Crippen LogP contribution >= 0.6 is 0 Å². The summed E-state index contributed by atoms with van der Waals surface area (Å²) in [5, 5.41) is 5.73. The van der Waals surface area contributed by atoms with Crippen molar-refractivity contribution in [1.82, 2.24) is 4.90 Å². The minimum absolute atomic E-state index is 0.142. The molecule has 244 valence electrons. The first kappa shape index (κ1) is 32.9. The average Bonchev–Trinajstić information content (AvgIpc) is 3.05. The first-order valence-corrected chi connectivity index (χ1v) is 14.8. The highest BCUT2D eigenvalue weighted by Crippen LogP contribution is 2.32. The molecule has 0 unspecified atom stereocenters. The van der Waals surface area contributed by atoms with Crippen molar-refractivity contribution in [1.29, 1.82) is 0 Å². The molecule has 2 N–H and O–H groups in total. The van der Waals surface area contributed by atoms with Crippen LogP contribution in [0.3, 0.4) is 0 Å². The van der Waals surface area contributed by atoms with Crippen molar-refractivity contribution in [3.05, 3.63) is 108 Å². The van der Waals surface area contributed by atoms with Crippen LogP contribution in [-0.4, -0.2) is 55.5 Å². The number of esters is 1. The normalized spacial score (nSPS) is 13.4. The number of benzene rings is 4. The number of halogens is 3. The standard InChI is InChI=1S/C35H32F3N3O6/c1-22-5-3-8-30(31(22)23-11-15-28(16-12-23)47-35(36,37)38)32(42)39-26-6-4-7-29(21-26)46-27-17-19-41(20-18-27)34(44)40-25-13-9-24(10-14-25)33(43)45-2/h3-16,21,27H,17-20H2,1-2H3,(H,39,42)(H,40,44). The molecular formula is C35H32F3N3O6. The number of hydrogen-bond donors (Lipinski definition) is 2. The van der Waals surface area contributed by atoms with Gasteiger partial charge >= 0.3 is 18.4 Å².